The highest BCUT2D eigenvalue weighted by Crippen LogP contribution is 2.27. The van der Waals surface area contributed by atoms with E-state index in [2.05, 4.69) is 21.2 Å². The van der Waals surface area contributed by atoms with Crippen molar-refractivity contribution in [2.24, 2.45) is 0 Å². The van der Waals surface area contributed by atoms with Crippen LogP contribution in [0.2, 0.25) is 0 Å². The Morgan fingerprint density at radius 3 is 2.02 bits per heavy atom. The number of anilines is 1. The number of nitrogens with zero attached hydrogens (tertiary/aromatic N) is 2. The summed E-state index contributed by atoms with van der Waals surface area (Å²) in [6.07, 6.45) is 4.42. The van der Waals surface area contributed by atoms with Crippen LogP contribution in [0, 0.1) is 13.8 Å². The summed E-state index contributed by atoms with van der Waals surface area (Å²) in [4.78, 5) is 29.3. The van der Waals surface area contributed by atoms with Gasteiger partial charge in [-0.2, -0.15) is 0 Å². The van der Waals surface area contributed by atoms with Crippen LogP contribution in [-0.4, -0.2) is 43.8 Å². The van der Waals surface area contributed by atoms with Crippen molar-refractivity contribution in [2.75, 3.05) is 10.8 Å². The van der Waals surface area contributed by atoms with Crippen molar-refractivity contribution >= 4 is 43.5 Å². The van der Waals surface area contributed by atoms with Crippen molar-refractivity contribution in [1.29, 1.82) is 0 Å². The van der Waals surface area contributed by atoms with Crippen LogP contribution >= 0.6 is 15.9 Å². The predicted octanol–water partition coefficient (Wildman–Crippen LogP) is 6.13. The van der Waals surface area contributed by atoms with Crippen LogP contribution < -0.4 is 9.62 Å². The number of carbonyl (C=O) groups is 2. The van der Waals surface area contributed by atoms with Gasteiger partial charge in [0.05, 0.1) is 10.6 Å². The van der Waals surface area contributed by atoms with E-state index in [-0.39, 0.29) is 23.4 Å². The third-order valence-electron chi connectivity index (χ3n) is 7.56. The van der Waals surface area contributed by atoms with Gasteiger partial charge >= 0.3 is 0 Å². The zero-order valence-electron chi connectivity index (χ0n) is 23.8. The maximum Gasteiger partial charge on any atom is 0.264 e. The zero-order valence-corrected chi connectivity index (χ0v) is 26.2. The highest BCUT2D eigenvalue weighted by molar-refractivity contribution is 9.10. The van der Waals surface area contributed by atoms with E-state index in [1.165, 1.54) is 4.90 Å². The second-order valence-electron chi connectivity index (χ2n) is 10.7. The number of hydrogen-bond acceptors (Lipinski definition) is 4. The molecule has 1 saturated carbocycles. The molecule has 0 spiro atoms. The quantitative estimate of drug-likeness (QED) is 0.274. The molecule has 0 unspecified atom stereocenters. The summed E-state index contributed by atoms with van der Waals surface area (Å²) in [7, 11) is -4.09. The normalized spacial score (nSPS) is 14.4. The minimum atomic E-state index is -4.09. The van der Waals surface area contributed by atoms with Crippen molar-refractivity contribution in [3.8, 4) is 0 Å². The lowest BCUT2D eigenvalue weighted by Crippen LogP contribution is -2.53. The summed E-state index contributed by atoms with van der Waals surface area (Å²) in [5.41, 5.74) is 3.25. The molecular weight excluding hydrogens is 602 g/mol. The minimum Gasteiger partial charge on any atom is -0.352 e. The number of aryl methyl sites for hydroxylation is 2. The van der Waals surface area contributed by atoms with Crippen molar-refractivity contribution in [3.05, 3.63) is 94.0 Å². The summed E-state index contributed by atoms with van der Waals surface area (Å²) in [6.45, 7) is 5.49. The Morgan fingerprint density at radius 1 is 0.902 bits per heavy atom. The molecule has 9 heteroatoms. The molecule has 3 aromatic carbocycles. The Kier molecular flexibility index (Phi) is 10.3. The SMILES string of the molecule is CC[C@@H](C(=O)NC1CCCC1)N(Cc1ccc(C)cc1)C(=O)CN(c1ccc(Br)cc1)S(=O)(=O)c1ccc(C)cc1. The molecule has 0 heterocycles. The topological polar surface area (TPSA) is 86.8 Å². The third kappa shape index (κ3) is 7.77. The van der Waals surface area contributed by atoms with Gasteiger partial charge in [0.1, 0.15) is 12.6 Å². The fraction of sp³-hybridized carbons (Fsp3) is 0.375. The van der Waals surface area contributed by atoms with Crippen molar-refractivity contribution < 1.29 is 18.0 Å². The summed E-state index contributed by atoms with van der Waals surface area (Å²) in [6, 6.07) is 20.6. The number of benzene rings is 3. The van der Waals surface area contributed by atoms with Crippen molar-refractivity contribution in [3.63, 3.8) is 0 Å². The number of sulfonamides is 1. The Morgan fingerprint density at radius 2 is 1.46 bits per heavy atom. The first kappa shape index (κ1) is 30.8. The van der Waals surface area contributed by atoms with Gasteiger partial charge in [-0.15, -0.1) is 0 Å². The van der Waals surface area contributed by atoms with Crippen molar-refractivity contribution in [2.45, 2.75) is 76.4 Å². The maximum atomic E-state index is 14.2. The average Bonchev–Trinajstić information content (AvgIpc) is 3.46. The van der Waals surface area contributed by atoms with E-state index in [1.807, 2.05) is 45.0 Å². The first-order chi connectivity index (χ1) is 19.6. The second-order valence-corrected chi connectivity index (χ2v) is 13.5. The van der Waals surface area contributed by atoms with Gasteiger partial charge < -0.3 is 10.2 Å². The van der Waals surface area contributed by atoms with E-state index in [1.54, 1.807) is 48.5 Å². The predicted molar refractivity (Wildman–Crippen MR) is 166 cm³/mol. The second kappa shape index (κ2) is 13.7. The van der Waals surface area contributed by atoms with Crippen LogP contribution in [0.1, 0.15) is 55.7 Å². The monoisotopic (exact) mass is 639 g/mol. The van der Waals surface area contributed by atoms with Crippen LogP contribution in [0.15, 0.2) is 82.2 Å². The van der Waals surface area contributed by atoms with Crippen LogP contribution in [0.4, 0.5) is 5.69 Å². The highest BCUT2D eigenvalue weighted by Gasteiger charge is 2.34. The van der Waals surface area contributed by atoms with Gasteiger partial charge in [-0.3, -0.25) is 13.9 Å². The number of rotatable bonds is 11. The van der Waals surface area contributed by atoms with Crippen LogP contribution in [-0.2, 0) is 26.2 Å². The lowest BCUT2D eigenvalue weighted by Gasteiger charge is -2.33. The molecule has 2 amide bonds. The molecule has 7 nitrogen and oxygen atoms in total. The number of hydrogen-bond donors (Lipinski definition) is 1. The standard InChI is InChI=1S/C32H38BrN3O4S/c1-4-30(32(38)34-27-7-5-6-8-27)35(21-25-13-9-23(2)10-14-25)31(37)22-36(28-17-15-26(33)16-18-28)41(39,40)29-19-11-24(3)12-20-29/h9-20,27,30H,4-8,21-22H2,1-3H3,(H,34,38)/t30-/m0/s1. The lowest BCUT2D eigenvalue weighted by molar-refractivity contribution is -0.140. The van der Waals surface area contributed by atoms with Crippen LogP contribution in [0.5, 0.6) is 0 Å². The molecule has 1 fully saturated rings. The lowest BCUT2D eigenvalue weighted by atomic mass is 10.1. The molecular formula is C32H38BrN3O4S. The fourth-order valence-electron chi connectivity index (χ4n) is 5.15. The molecule has 1 atom stereocenters. The molecule has 0 saturated heterocycles. The van der Waals surface area contributed by atoms with E-state index in [9.17, 15) is 18.0 Å². The maximum absolute atomic E-state index is 14.2. The summed E-state index contributed by atoms with van der Waals surface area (Å²) < 4.78 is 29.8. The smallest absolute Gasteiger partial charge is 0.264 e. The molecule has 0 aliphatic heterocycles. The highest BCUT2D eigenvalue weighted by atomic mass is 79.9. The van der Waals surface area contributed by atoms with E-state index < -0.39 is 28.5 Å². The van der Waals surface area contributed by atoms with E-state index in [4.69, 9.17) is 0 Å². The molecule has 1 N–H and O–H groups in total. The molecule has 1 aliphatic rings. The number of amides is 2. The largest absolute Gasteiger partial charge is 0.352 e. The van der Waals surface area contributed by atoms with Gasteiger partial charge in [-0.25, -0.2) is 8.42 Å². The third-order valence-corrected chi connectivity index (χ3v) is 9.88. The van der Waals surface area contributed by atoms with Crippen LogP contribution in [0.3, 0.4) is 0 Å². The molecule has 3 aromatic rings. The van der Waals surface area contributed by atoms with Gasteiger partial charge in [-0.1, -0.05) is 83.2 Å². The molecule has 0 radical (unpaired) electrons. The molecule has 0 bridgehead atoms. The van der Waals surface area contributed by atoms with E-state index in [0.717, 1.165) is 51.2 Å². The Labute approximate surface area is 252 Å². The van der Waals surface area contributed by atoms with Gasteiger partial charge in [0.2, 0.25) is 11.8 Å². The van der Waals surface area contributed by atoms with Crippen molar-refractivity contribution in [1.82, 2.24) is 10.2 Å². The average molecular weight is 641 g/mol. The molecule has 0 aromatic heterocycles. The summed E-state index contributed by atoms with van der Waals surface area (Å²) >= 11 is 3.41. The molecule has 4 rings (SSSR count). The van der Waals surface area contributed by atoms with Gasteiger partial charge in [0.25, 0.3) is 10.0 Å². The Bertz CT molecular complexity index is 1440. The first-order valence-electron chi connectivity index (χ1n) is 14.1. The summed E-state index contributed by atoms with van der Waals surface area (Å²) in [5.74, 6) is -0.644. The van der Waals surface area contributed by atoms with Gasteiger partial charge in [-0.05, 0) is 75.1 Å². The van der Waals surface area contributed by atoms with Gasteiger partial charge in [0.15, 0.2) is 0 Å². The molecule has 1 aliphatic carbocycles. The Hall–Kier alpha value is -3.17. The molecule has 41 heavy (non-hydrogen) atoms. The number of halogens is 1. The first-order valence-corrected chi connectivity index (χ1v) is 16.3. The van der Waals surface area contributed by atoms with E-state index in [0.29, 0.717) is 12.1 Å². The minimum absolute atomic E-state index is 0.0925. The van der Waals surface area contributed by atoms with E-state index >= 15 is 0 Å². The fourth-order valence-corrected chi connectivity index (χ4v) is 6.83. The van der Waals surface area contributed by atoms with Crippen LogP contribution in [0.25, 0.3) is 0 Å². The van der Waals surface area contributed by atoms with Gasteiger partial charge in [0, 0.05) is 17.1 Å². The number of nitrogens with one attached hydrogen (secondary N) is 1. The molecule has 218 valence electrons. The Balaban J connectivity index is 1.70. The summed E-state index contributed by atoms with van der Waals surface area (Å²) in [5, 5.41) is 3.14. The zero-order chi connectivity index (χ0) is 29.6. The number of carbonyl (C=O) groups excluding carboxylic acids is 2.